The highest BCUT2D eigenvalue weighted by atomic mass is 35.5. The summed E-state index contributed by atoms with van der Waals surface area (Å²) >= 11 is 6.07. The molecule has 3 aromatic rings. The molecule has 1 aliphatic heterocycles. The summed E-state index contributed by atoms with van der Waals surface area (Å²) in [6, 6.07) is 11.2. The Bertz CT molecular complexity index is 1520. The average Bonchev–Trinajstić information content (AvgIpc) is 3.60. The maximum Gasteiger partial charge on any atom is 0.340 e. The first kappa shape index (κ1) is 31.6. The number of H-pyrrole nitrogens is 1. The van der Waals surface area contributed by atoms with E-state index < -0.39 is 48.2 Å². The first-order valence-corrected chi connectivity index (χ1v) is 14.4. The van der Waals surface area contributed by atoms with E-state index in [4.69, 9.17) is 21.1 Å². The van der Waals surface area contributed by atoms with Crippen molar-refractivity contribution in [2.45, 2.75) is 45.2 Å². The Morgan fingerprint density at radius 2 is 1.81 bits per heavy atom. The maximum atomic E-state index is 13.6. The number of Topliss-reactive ketones (excluding diaryl/α,β-unsaturated/α-hetero) is 1. The van der Waals surface area contributed by atoms with E-state index in [9.17, 15) is 24.0 Å². The van der Waals surface area contributed by atoms with Crippen LogP contribution in [0.2, 0.25) is 5.02 Å². The first-order chi connectivity index (χ1) is 20.6. The second-order valence-corrected chi connectivity index (χ2v) is 11.3. The van der Waals surface area contributed by atoms with Crippen LogP contribution < -0.4 is 20.7 Å². The van der Waals surface area contributed by atoms with E-state index in [1.807, 2.05) is 13.8 Å². The fourth-order valence-electron chi connectivity index (χ4n) is 5.01. The fourth-order valence-corrected chi connectivity index (χ4v) is 5.22. The lowest BCUT2D eigenvalue weighted by molar-refractivity contribution is -0.131. The maximum absolute atomic E-state index is 13.6. The van der Waals surface area contributed by atoms with Crippen molar-refractivity contribution in [3.63, 3.8) is 0 Å². The predicted octanol–water partition coefficient (Wildman–Crippen LogP) is 3.41. The smallest absolute Gasteiger partial charge is 0.340 e. The van der Waals surface area contributed by atoms with E-state index in [-0.39, 0.29) is 40.9 Å². The molecule has 1 aromatic heterocycles. The molecular formula is C31H35ClN4O7. The number of halogens is 1. The van der Waals surface area contributed by atoms with Gasteiger partial charge in [0.15, 0.2) is 12.4 Å². The molecule has 0 unspecified atom stereocenters. The molecule has 4 rings (SSSR count). The van der Waals surface area contributed by atoms with Crippen LogP contribution in [-0.4, -0.2) is 66.8 Å². The molecule has 1 saturated heterocycles. The highest BCUT2D eigenvalue weighted by Gasteiger charge is 2.34. The minimum absolute atomic E-state index is 0.0181. The molecule has 0 saturated carbocycles. The summed E-state index contributed by atoms with van der Waals surface area (Å²) in [7, 11) is 1.54. The Morgan fingerprint density at radius 3 is 2.49 bits per heavy atom. The summed E-state index contributed by atoms with van der Waals surface area (Å²) in [5.74, 6) is -2.60. The van der Waals surface area contributed by atoms with Crippen LogP contribution in [0.3, 0.4) is 0 Å². The highest BCUT2D eigenvalue weighted by Crippen LogP contribution is 2.26. The molecule has 0 radical (unpaired) electrons. The first-order valence-electron chi connectivity index (χ1n) is 14.1. The van der Waals surface area contributed by atoms with Gasteiger partial charge in [0.05, 0.1) is 23.7 Å². The molecule has 2 heterocycles. The highest BCUT2D eigenvalue weighted by molar-refractivity contribution is 6.33. The number of carbonyl (C=O) groups is 5. The van der Waals surface area contributed by atoms with Crippen LogP contribution in [0.25, 0.3) is 10.9 Å². The van der Waals surface area contributed by atoms with Gasteiger partial charge in [-0.3, -0.25) is 19.2 Å². The van der Waals surface area contributed by atoms with Crippen molar-refractivity contribution in [3.8, 4) is 5.75 Å². The van der Waals surface area contributed by atoms with E-state index in [1.54, 1.807) is 36.4 Å². The Balaban J connectivity index is 1.49. The summed E-state index contributed by atoms with van der Waals surface area (Å²) < 4.78 is 10.6. The van der Waals surface area contributed by atoms with E-state index in [0.717, 1.165) is 0 Å². The number of aromatic nitrogens is 1. The number of rotatable bonds is 13. The molecule has 228 valence electrons. The lowest BCUT2D eigenvalue weighted by atomic mass is 9.95. The summed E-state index contributed by atoms with van der Waals surface area (Å²) in [5.41, 5.74) is 1.03. The van der Waals surface area contributed by atoms with Crippen molar-refractivity contribution in [1.82, 2.24) is 20.9 Å². The molecule has 1 aliphatic rings. The molecule has 43 heavy (non-hydrogen) atoms. The molecule has 4 N–H and O–H groups in total. The van der Waals surface area contributed by atoms with Crippen molar-refractivity contribution in [2.75, 3.05) is 20.3 Å². The molecule has 3 amide bonds. The van der Waals surface area contributed by atoms with Crippen LogP contribution in [0.15, 0.2) is 48.5 Å². The molecule has 3 atom stereocenters. The topological polar surface area (TPSA) is 156 Å². The second kappa shape index (κ2) is 14.2. The quantitative estimate of drug-likeness (QED) is 0.216. The zero-order chi connectivity index (χ0) is 31.1. The number of benzene rings is 2. The molecule has 0 bridgehead atoms. The third kappa shape index (κ3) is 7.92. The zero-order valence-electron chi connectivity index (χ0n) is 24.2. The number of fused-ring (bicyclic) bond motifs is 1. The number of ether oxygens (including phenoxy) is 2. The molecule has 0 spiro atoms. The number of hydrogen-bond donors (Lipinski definition) is 4. The molecule has 2 aromatic carbocycles. The van der Waals surface area contributed by atoms with Crippen molar-refractivity contribution in [1.29, 1.82) is 0 Å². The number of nitrogens with one attached hydrogen (secondary N) is 4. The number of carbonyl (C=O) groups excluding carboxylic acids is 5. The van der Waals surface area contributed by atoms with Gasteiger partial charge in [-0.1, -0.05) is 43.6 Å². The number of aromatic amines is 1. The van der Waals surface area contributed by atoms with Gasteiger partial charge in [-0.05, 0) is 55.5 Å². The number of ketones is 1. The summed E-state index contributed by atoms with van der Waals surface area (Å²) in [6.07, 6.45) is 0.797. The Morgan fingerprint density at radius 1 is 1.05 bits per heavy atom. The van der Waals surface area contributed by atoms with Gasteiger partial charge in [0, 0.05) is 23.4 Å². The zero-order valence-corrected chi connectivity index (χ0v) is 25.0. The van der Waals surface area contributed by atoms with Crippen molar-refractivity contribution < 1.29 is 33.4 Å². The molecular weight excluding hydrogens is 576 g/mol. The van der Waals surface area contributed by atoms with Crippen molar-refractivity contribution >= 4 is 52.0 Å². The lowest BCUT2D eigenvalue weighted by Crippen LogP contribution is -2.53. The number of hydrogen-bond acceptors (Lipinski definition) is 7. The standard InChI is InChI=1S/C31H35ClN4O7/c1-17(2)13-24(36-30(40)25-15-20-22(34-25)9-6-10-27(20)42-3)29(39)35-23(14-18-11-12-33-28(18)38)26(37)16-43-31(41)19-7-4-5-8-21(19)32/h4-10,15,17-18,23-24,34H,11-14,16H2,1-3H3,(H,33,38)(H,35,39)(H,36,40)/t18-,23-,24-/m0/s1. The number of esters is 1. The largest absolute Gasteiger partial charge is 0.496 e. The van der Waals surface area contributed by atoms with Crippen LogP contribution >= 0.6 is 11.6 Å². The fraction of sp³-hybridized carbons (Fsp3) is 0.387. The van der Waals surface area contributed by atoms with Crippen LogP contribution in [0.5, 0.6) is 5.75 Å². The Hall–Kier alpha value is -4.38. The molecule has 11 nitrogen and oxygen atoms in total. The van der Waals surface area contributed by atoms with Gasteiger partial charge in [0.1, 0.15) is 17.5 Å². The minimum atomic E-state index is -1.13. The van der Waals surface area contributed by atoms with Gasteiger partial charge in [-0.15, -0.1) is 0 Å². The summed E-state index contributed by atoms with van der Waals surface area (Å²) in [6.45, 7) is 3.63. The summed E-state index contributed by atoms with van der Waals surface area (Å²) in [4.78, 5) is 68.0. The van der Waals surface area contributed by atoms with E-state index in [2.05, 4.69) is 20.9 Å². The van der Waals surface area contributed by atoms with Crippen LogP contribution in [0.4, 0.5) is 0 Å². The van der Waals surface area contributed by atoms with E-state index in [1.165, 1.54) is 19.2 Å². The van der Waals surface area contributed by atoms with Gasteiger partial charge in [0.25, 0.3) is 5.91 Å². The van der Waals surface area contributed by atoms with Crippen molar-refractivity contribution in [3.05, 3.63) is 64.8 Å². The molecule has 12 heteroatoms. The van der Waals surface area contributed by atoms with E-state index >= 15 is 0 Å². The van der Waals surface area contributed by atoms with Crippen LogP contribution in [0.1, 0.15) is 54.0 Å². The molecule has 0 aliphatic carbocycles. The van der Waals surface area contributed by atoms with Gasteiger partial charge < -0.3 is 30.4 Å². The second-order valence-electron chi connectivity index (χ2n) is 10.9. The van der Waals surface area contributed by atoms with Gasteiger partial charge in [-0.25, -0.2) is 4.79 Å². The summed E-state index contributed by atoms with van der Waals surface area (Å²) in [5, 5.41) is 9.10. The third-order valence-corrected chi connectivity index (χ3v) is 7.57. The van der Waals surface area contributed by atoms with Crippen LogP contribution in [-0.2, 0) is 19.1 Å². The third-order valence-electron chi connectivity index (χ3n) is 7.25. The number of methoxy groups -OCH3 is 1. The van der Waals surface area contributed by atoms with Gasteiger partial charge in [-0.2, -0.15) is 0 Å². The lowest BCUT2D eigenvalue weighted by Gasteiger charge is -2.25. The van der Waals surface area contributed by atoms with Crippen LogP contribution in [0, 0.1) is 11.8 Å². The Labute approximate surface area is 254 Å². The Kier molecular flexibility index (Phi) is 10.4. The molecule has 1 fully saturated rings. The normalized spacial score (nSPS) is 15.9. The van der Waals surface area contributed by atoms with Gasteiger partial charge in [0.2, 0.25) is 11.8 Å². The SMILES string of the molecule is COc1cccc2[nH]c(C(=O)N[C@@H](CC(C)C)C(=O)N[C@@H](C[C@@H]3CCNC3=O)C(=O)COC(=O)c3ccccc3Cl)cc12. The van der Waals surface area contributed by atoms with Gasteiger partial charge >= 0.3 is 5.97 Å². The van der Waals surface area contributed by atoms with E-state index in [0.29, 0.717) is 29.6 Å². The monoisotopic (exact) mass is 610 g/mol. The number of amides is 3. The van der Waals surface area contributed by atoms with Crippen molar-refractivity contribution in [2.24, 2.45) is 11.8 Å². The average molecular weight is 611 g/mol. The predicted molar refractivity (Wildman–Crippen MR) is 160 cm³/mol. The minimum Gasteiger partial charge on any atom is -0.496 e.